The summed E-state index contributed by atoms with van der Waals surface area (Å²) in [5.41, 5.74) is -1.23. The van der Waals surface area contributed by atoms with E-state index in [0.29, 0.717) is 25.8 Å². The Balaban J connectivity index is 2.45. The predicted molar refractivity (Wildman–Crippen MR) is 85.9 cm³/mol. The number of ether oxygens (including phenoxy) is 1. The number of carbonyl (C=O) groups excluding carboxylic acids is 1. The maximum absolute atomic E-state index is 14.1. The van der Waals surface area contributed by atoms with E-state index >= 15 is 0 Å². The Hall–Kier alpha value is -2.42. The van der Waals surface area contributed by atoms with Crippen LogP contribution in [-0.4, -0.2) is 28.5 Å². The van der Waals surface area contributed by atoms with Crippen LogP contribution in [-0.2, 0) is 24.5 Å². The lowest BCUT2D eigenvalue weighted by atomic mass is 10.1. The molecule has 0 atom stereocenters. The van der Waals surface area contributed by atoms with Crippen LogP contribution < -0.4 is 5.49 Å². The molecule has 0 aliphatic carbocycles. The molecule has 26 heavy (non-hydrogen) atoms. The van der Waals surface area contributed by atoms with Crippen molar-refractivity contribution in [2.45, 2.75) is 26.6 Å². The fourth-order valence-electron chi connectivity index (χ4n) is 2.43. The van der Waals surface area contributed by atoms with Gasteiger partial charge in [-0.1, -0.05) is 6.07 Å². The van der Waals surface area contributed by atoms with E-state index in [-0.39, 0.29) is 5.49 Å². The first-order valence-corrected chi connectivity index (χ1v) is 7.92. The summed E-state index contributed by atoms with van der Waals surface area (Å²) in [5, 5.41) is 0. The van der Waals surface area contributed by atoms with Crippen LogP contribution in [0.1, 0.15) is 28.5 Å². The van der Waals surface area contributed by atoms with E-state index in [2.05, 4.69) is 4.99 Å². The Labute approximate surface area is 147 Å². The summed E-state index contributed by atoms with van der Waals surface area (Å²) in [4.78, 5) is 16.1. The van der Waals surface area contributed by atoms with Gasteiger partial charge < -0.3 is 4.74 Å². The summed E-state index contributed by atoms with van der Waals surface area (Å²) in [6, 6.07) is 4.14. The lowest BCUT2D eigenvalue weighted by Gasteiger charge is -2.10. The Morgan fingerprint density at radius 2 is 2.00 bits per heavy atom. The first-order chi connectivity index (χ1) is 12.2. The van der Waals surface area contributed by atoms with Gasteiger partial charge in [0.15, 0.2) is 5.49 Å². The minimum absolute atomic E-state index is 0.214. The largest absolute Gasteiger partial charge is 0.419 e. The van der Waals surface area contributed by atoms with Crippen LogP contribution in [0.3, 0.4) is 0 Å². The van der Waals surface area contributed by atoms with Crippen LogP contribution in [0.15, 0.2) is 29.3 Å². The van der Waals surface area contributed by atoms with Gasteiger partial charge in [-0.2, -0.15) is 18.2 Å². The molecule has 0 aliphatic rings. The molecule has 142 valence electrons. The molecule has 0 saturated carbocycles. The molecule has 9 heteroatoms. The van der Waals surface area contributed by atoms with Crippen molar-refractivity contribution >= 4 is 5.91 Å². The van der Waals surface area contributed by atoms with Gasteiger partial charge in [0.1, 0.15) is 5.82 Å². The van der Waals surface area contributed by atoms with E-state index < -0.39 is 29.0 Å². The van der Waals surface area contributed by atoms with Gasteiger partial charge in [0.05, 0.1) is 24.3 Å². The summed E-state index contributed by atoms with van der Waals surface area (Å²) in [7, 11) is 1.75. The molecule has 0 bridgehead atoms. The van der Waals surface area contributed by atoms with Crippen molar-refractivity contribution < 1.29 is 27.1 Å². The van der Waals surface area contributed by atoms with Crippen molar-refractivity contribution in [2.75, 3.05) is 13.2 Å². The number of aromatic nitrogens is 2. The molecule has 1 heterocycles. The third-order valence-electron chi connectivity index (χ3n) is 3.88. The van der Waals surface area contributed by atoms with Crippen LogP contribution in [0.5, 0.6) is 0 Å². The number of nitrogens with zero attached hydrogens (tertiary/aromatic N) is 3. The van der Waals surface area contributed by atoms with Crippen LogP contribution >= 0.6 is 0 Å². The Morgan fingerprint density at radius 3 is 2.62 bits per heavy atom. The molecule has 0 radical (unpaired) electrons. The van der Waals surface area contributed by atoms with Gasteiger partial charge in [-0.25, -0.2) is 4.39 Å². The highest BCUT2D eigenvalue weighted by atomic mass is 19.4. The van der Waals surface area contributed by atoms with E-state index in [1.807, 2.05) is 6.92 Å². The average molecular weight is 373 g/mol. The molecule has 0 aliphatic heterocycles. The normalized spacial score (nSPS) is 12.7. The van der Waals surface area contributed by atoms with Crippen molar-refractivity contribution in [3.05, 3.63) is 52.4 Å². The number of halogens is 4. The molecule has 0 spiro atoms. The predicted octanol–water partition coefficient (Wildman–Crippen LogP) is 3.07. The fourth-order valence-corrected chi connectivity index (χ4v) is 2.43. The second-order valence-electron chi connectivity index (χ2n) is 5.57. The summed E-state index contributed by atoms with van der Waals surface area (Å²) < 4.78 is 61.2. The van der Waals surface area contributed by atoms with E-state index in [4.69, 9.17) is 4.74 Å². The molecule has 0 N–H and O–H groups in total. The minimum Gasteiger partial charge on any atom is -0.380 e. The average Bonchev–Trinajstić information content (AvgIpc) is 2.81. The van der Waals surface area contributed by atoms with Crippen molar-refractivity contribution in [1.82, 2.24) is 9.36 Å². The number of hydrogen-bond acceptors (Lipinski definition) is 2. The zero-order valence-electron chi connectivity index (χ0n) is 14.6. The van der Waals surface area contributed by atoms with Crippen molar-refractivity contribution in [3.63, 3.8) is 0 Å². The standard InChI is InChI=1S/C17H19F4N3O2/c1-4-26-9-8-24-14(10-11(2)23(24)3)22-16(25)12-6-5-7-13(15(12)18)17(19,20)21/h5-7,10H,4,8-9H2,1-3H3/b22-14+. The molecule has 1 aromatic carbocycles. The number of aryl methyl sites for hydroxylation is 1. The van der Waals surface area contributed by atoms with E-state index in [0.717, 1.165) is 17.8 Å². The second-order valence-corrected chi connectivity index (χ2v) is 5.57. The summed E-state index contributed by atoms with van der Waals surface area (Å²) in [6.45, 7) is 4.89. The van der Waals surface area contributed by atoms with Gasteiger partial charge in [-0.3, -0.25) is 14.2 Å². The lowest BCUT2D eigenvalue weighted by Crippen LogP contribution is -2.26. The number of rotatable bonds is 5. The topological polar surface area (TPSA) is 48.5 Å². The summed E-state index contributed by atoms with van der Waals surface area (Å²) in [5.74, 6) is -2.70. The van der Waals surface area contributed by atoms with Gasteiger partial charge in [-0.05, 0) is 26.0 Å². The van der Waals surface area contributed by atoms with Crippen LogP contribution in [0.25, 0.3) is 0 Å². The Kier molecular flexibility index (Phi) is 6.01. The zero-order chi connectivity index (χ0) is 19.5. The third-order valence-corrected chi connectivity index (χ3v) is 3.88. The smallest absolute Gasteiger partial charge is 0.380 e. The fraction of sp³-hybridized carbons (Fsp3) is 0.412. The van der Waals surface area contributed by atoms with Crippen molar-refractivity contribution in [1.29, 1.82) is 0 Å². The molecule has 0 saturated heterocycles. The van der Waals surface area contributed by atoms with E-state index in [9.17, 15) is 22.4 Å². The monoisotopic (exact) mass is 373 g/mol. The molecular formula is C17H19F4N3O2. The maximum atomic E-state index is 14.1. The summed E-state index contributed by atoms with van der Waals surface area (Å²) in [6.07, 6.45) is -4.89. The number of benzene rings is 1. The van der Waals surface area contributed by atoms with Gasteiger partial charge in [0, 0.05) is 25.4 Å². The van der Waals surface area contributed by atoms with Crippen LogP contribution in [0.4, 0.5) is 17.6 Å². The highest BCUT2D eigenvalue weighted by molar-refractivity contribution is 5.95. The van der Waals surface area contributed by atoms with Gasteiger partial charge in [-0.15, -0.1) is 0 Å². The molecule has 1 aromatic heterocycles. The molecule has 1 amide bonds. The first-order valence-electron chi connectivity index (χ1n) is 7.92. The second kappa shape index (κ2) is 7.86. The molecule has 2 aromatic rings. The Bertz CT molecular complexity index is 866. The van der Waals surface area contributed by atoms with E-state index in [1.165, 1.54) is 0 Å². The molecule has 0 fully saturated rings. The van der Waals surface area contributed by atoms with Crippen molar-refractivity contribution in [2.24, 2.45) is 12.0 Å². The van der Waals surface area contributed by atoms with Gasteiger partial charge in [0.25, 0.3) is 5.91 Å². The SMILES string of the molecule is CCOCCn1/c(=N/C(=O)c2cccc(C(F)(F)F)c2F)cc(C)n1C. The zero-order valence-corrected chi connectivity index (χ0v) is 14.6. The minimum atomic E-state index is -4.89. The van der Waals surface area contributed by atoms with Gasteiger partial charge in [0.2, 0.25) is 0 Å². The number of amides is 1. The quantitative estimate of drug-likeness (QED) is 0.597. The first kappa shape index (κ1) is 19.9. The Morgan fingerprint density at radius 1 is 1.31 bits per heavy atom. The number of alkyl halides is 3. The van der Waals surface area contributed by atoms with Crippen LogP contribution in [0, 0.1) is 12.7 Å². The van der Waals surface area contributed by atoms with E-state index in [1.54, 1.807) is 29.4 Å². The van der Waals surface area contributed by atoms with Crippen LogP contribution in [0.2, 0.25) is 0 Å². The summed E-state index contributed by atoms with van der Waals surface area (Å²) >= 11 is 0. The molecule has 0 unspecified atom stereocenters. The molecule has 5 nitrogen and oxygen atoms in total. The molecule has 2 rings (SSSR count). The number of carbonyl (C=O) groups is 1. The molecular weight excluding hydrogens is 354 g/mol. The van der Waals surface area contributed by atoms with Crippen molar-refractivity contribution in [3.8, 4) is 0 Å². The maximum Gasteiger partial charge on any atom is 0.419 e. The third kappa shape index (κ3) is 4.21. The number of hydrogen-bond donors (Lipinski definition) is 0. The van der Waals surface area contributed by atoms with Gasteiger partial charge >= 0.3 is 6.18 Å². The highest BCUT2D eigenvalue weighted by Gasteiger charge is 2.35. The lowest BCUT2D eigenvalue weighted by molar-refractivity contribution is -0.140. The highest BCUT2D eigenvalue weighted by Crippen LogP contribution is 2.32.